The van der Waals surface area contributed by atoms with Gasteiger partial charge in [-0.05, 0) is 6.71 Å². The van der Waals surface area contributed by atoms with Crippen LogP contribution in [-0.4, -0.2) is 6.71 Å². The number of hydrogen-bond acceptors (Lipinski definition) is 0. The fourth-order valence-electron chi connectivity index (χ4n) is 1.06. The summed E-state index contributed by atoms with van der Waals surface area (Å²) in [7, 11) is 0. The van der Waals surface area contributed by atoms with Gasteiger partial charge in [0.25, 0.3) is 0 Å². The Morgan fingerprint density at radius 3 is 1.12 bits per heavy atom. The molecule has 0 atom stereocenters. The van der Waals surface area contributed by atoms with E-state index in [2.05, 4.69) is 20.8 Å². The SMILES string of the molecule is CC[BH-](CC)CC.[Li+]. The molecule has 0 radical (unpaired) electrons. The standard InChI is InChI=1S/C6H16B.Li/c1-4-7(5-2)6-3;/h7H,4-6H2,1-3H3;/q-1;+1. The fraction of sp³-hybridized carbons (Fsp3) is 1.00. The summed E-state index contributed by atoms with van der Waals surface area (Å²) in [5.74, 6) is 0. The molecule has 0 amide bonds. The van der Waals surface area contributed by atoms with Crippen molar-refractivity contribution >= 4 is 6.71 Å². The van der Waals surface area contributed by atoms with Crippen molar-refractivity contribution in [3.63, 3.8) is 0 Å². The first kappa shape index (κ1) is 11.5. The Hall–Kier alpha value is 0.662. The molecule has 0 nitrogen and oxygen atoms in total. The third-order valence-corrected chi connectivity index (χ3v) is 2.12. The summed E-state index contributed by atoms with van der Waals surface area (Å²) >= 11 is 0. The third-order valence-electron chi connectivity index (χ3n) is 2.12. The molecular weight excluding hydrogens is 89.8 g/mol. The average Bonchev–Trinajstić information content (AvgIpc) is 1.72. The van der Waals surface area contributed by atoms with E-state index in [0.717, 1.165) is 0 Å². The van der Waals surface area contributed by atoms with E-state index < -0.39 is 0 Å². The molecule has 0 bridgehead atoms. The van der Waals surface area contributed by atoms with Crippen molar-refractivity contribution in [2.45, 2.75) is 39.7 Å². The smallest absolute Gasteiger partial charge is 0.184 e. The maximum atomic E-state index is 2.30. The van der Waals surface area contributed by atoms with Crippen LogP contribution >= 0.6 is 0 Å². The van der Waals surface area contributed by atoms with Gasteiger partial charge in [-0.2, -0.15) is 19.0 Å². The predicted molar refractivity (Wildman–Crippen MR) is 38.6 cm³/mol. The molecule has 0 spiro atoms. The molecule has 0 aromatic heterocycles. The van der Waals surface area contributed by atoms with Gasteiger partial charge < -0.3 is 0 Å². The zero-order valence-electron chi connectivity index (χ0n) is 6.83. The Kier molecular flexibility index (Phi) is 11.0. The van der Waals surface area contributed by atoms with Gasteiger partial charge in [0.2, 0.25) is 0 Å². The van der Waals surface area contributed by atoms with Crippen molar-refractivity contribution in [2.24, 2.45) is 0 Å². The van der Waals surface area contributed by atoms with Gasteiger partial charge in [0.1, 0.15) is 0 Å². The van der Waals surface area contributed by atoms with E-state index in [1.807, 2.05) is 0 Å². The van der Waals surface area contributed by atoms with Crippen LogP contribution in [0.15, 0.2) is 0 Å². The monoisotopic (exact) mass is 106 g/mol. The van der Waals surface area contributed by atoms with Crippen molar-refractivity contribution in [2.75, 3.05) is 0 Å². The molecule has 0 rings (SSSR count). The van der Waals surface area contributed by atoms with E-state index in [0.29, 0.717) is 6.71 Å². The largest absolute Gasteiger partial charge is 1.00 e. The Balaban J connectivity index is 0. The van der Waals surface area contributed by atoms with Crippen LogP contribution in [0.4, 0.5) is 0 Å². The van der Waals surface area contributed by atoms with E-state index >= 15 is 0 Å². The molecule has 0 N–H and O–H groups in total. The second kappa shape index (κ2) is 7.66. The van der Waals surface area contributed by atoms with Gasteiger partial charge in [-0.3, -0.25) is 0 Å². The molecule has 0 unspecified atom stereocenters. The molecule has 0 heterocycles. The van der Waals surface area contributed by atoms with E-state index in [1.54, 1.807) is 0 Å². The van der Waals surface area contributed by atoms with Gasteiger partial charge in [0.05, 0.1) is 0 Å². The Morgan fingerprint density at radius 1 is 0.875 bits per heavy atom. The minimum Gasteiger partial charge on any atom is -0.184 e. The van der Waals surface area contributed by atoms with Crippen LogP contribution in [0, 0.1) is 0 Å². The normalized spacial score (nSPS) is 9.00. The molecule has 0 saturated heterocycles. The zero-order chi connectivity index (χ0) is 5.70. The van der Waals surface area contributed by atoms with Gasteiger partial charge in [0.15, 0.2) is 0 Å². The minimum atomic E-state index is 0. The van der Waals surface area contributed by atoms with Gasteiger partial charge >= 0.3 is 18.9 Å². The van der Waals surface area contributed by atoms with Gasteiger partial charge in [-0.15, -0.1) is 0 Å². The summed E-state index contributed by atoms with van der Waals surface area (Å²) < 4.78 is 0. The van der Waals surface area contributed by atoms with Crippen molar-refractivity contribution < 1.29 is 18.9 Å². The van der Waals surface area contributed by atoms with Crippen LogP contribution in [0.5, 0.6) is 0 Å². The second-order valence-corrected chi connectivity index (χ2v) is 2.56. The summed E-state index contributed by atoms with van der Waals surface area (Å²) in [4.78, 5) is 0. The topological polar surface area (TPSA) is 0 Å². The molecule has 44 valence electrons. The summed E-state index contributed by atoms with van der Waals surface area (Å²) in [6, 6.07) is 0. The molecule has 0 aliphatic carbocycles. The minimum absolute atomic E-state index is 0. The van der Waals surface area contributed by atoms with Crippen LogP contribution < -0.4 is 18.9 Å². The molecular formula is C6H16BLi. The second-order valence-electron chi connectivity index (χ2n) is 2.56. The Morgan fingerprint density at radius 2 is 1.12 bits per heavy atom. The fourth-order valence-corrected chi connectivity index (χ4v) is 1.06. The van der Waals surface area contributed by atoms with Gasteiger partial charge in [-0.1, -0.05) is 20.8 Å². The van der Waals surface area contributed by atoms with Crippen LogP contribution in [-0.2, 0) is 0 Å². The quantitative estimate of drug-likeness (QED) is 0.416. The molecule has 0 aromatic carbocycles. The molecule has 0 aliphatic rings. The molecule has 0 aliphatic heterocycles. The number of rotatable bonds is 3. The zero-order valence-corrected chi connectivity index (χ0v) is 6.83. The predicted octanol–water partition coefficient (Wildman–Crippen LogP) is -0.723. The third kappa shape index (κ3) is 4.81. The summed E-state index contributed by atoms with van der Waals surface area (Å²) in [5, 5.41) is 0. The van der Waals surface area contributed by atoms with Crippen LogP contribution in [0.25, 0.3) is 0 Å². The first-order valence-corrected chi connectivity index (χ1v) is 3.62. The van der Waals surface area contributed by atoms with E-state index in [-0.39, 0.29) is 18.9 Å². The van der Waals surface area contributed by atoms with Crippen molar-refractivity contribution in [3.8, 4) is 0 Å². The molecule has 0 fully saturated rings. The number of hydrogen-bond donors (Lipinski definition) is 0. The van der Waals surface area contributed by atoms with E-state index in [1.165, 1.54) is 19.0 Å². The molecule has 8 heavy (non-hydrogen) atoms. The van der Waals surface area contributed by atoms with Crippen LogP contribution in [0.1, 0.15) is 20.8 Å². The summed E-state index contributed by atoms with van der Waals surface area (Å²) in [6.07, 6.45) is 4.31. The van der Waals surface area contributed by atoms with Crippen molar-refractivity contribution in [1.29, 1.82) is 0 Å². The average molecular weight is 106 g/mol. The van der Waals surface area contributed by atoms with Gasteiger partial charge in [-0.25, -0.2) is 0 Å². The van der Waals surface area contributed by atoms with Crippen LogP contribution in [0.3, 0.4) is 0 Å². The summed E-state index contributed by atoms with van der Waals surface area (Å²) in [5.41, 5.74) is 0. The maximum absolute atomic E-state index is 2.30. The first-order valence-electron chi connectivity index (χ1n) is 3.62. The van der Waals surface area contributed by atoms with Crippen molar-refractivity contribution in [3.05, 3.63) is 0 Å². The molecule has 2 heteroatoms. The van der Waals surface area contributed by atoms with Crippen LogP contribution in [0.2, 0.25) is 19.0 Å². The van der Waals surface area contributed by atoms with Gasteiger partial charge in [0, 0.05) is 0 Å². The molecule has 0 saturated carbocycles. The van der Waals surface area contributed by atoms with Crippen molar-refractivity contribution in [1.82, 2.24) is 0 Å². The Bertz CT molecular complexity index is 30.0. The Labute approximate surface area is 65.7 Å². The van der Waals surface area contributed by atoms with E-state index in [9.17, 15) is 0 Å². The molecule has 0 aromatic rings. The summed E-state index contributed by atoms with van der Waals surface area (Å²) in [6.45, 7) is 7.19. The first-order chi connectivity index (χ1) is 3.35. The maximum Gasteiger partial charge on any atom is 1.00 e. The van der Waals surface area contributed by atoms with E-state index in [4.69, 9.17) is 0 Å².